The van der Waals surface area contributed by atoms with Crippen molar-refractivity contribution >= 4 is 42.5 Å². The summed E-state index contributed by atoms with van der Waals surface area (Å²) >= 11 is 0. The molecule has 0 aromatic carbocycles. The highest BCUT2D eigenvalue weighted by Gasteiger charge is 2.34. The first kappa shape index (κ1) is 31.8. The predicted octanol–water partition coefficient (Wildman–Crippen LogP) is 5.93. The van der Waals surface area contributed by atoms with Crippen LogP contribution in [0.1, 0.15) is 44.4 Å². The van der Waals surface area contributed by atoms with Crippen LogP contribution in [0.2, 0.25) is 25.7 Å². The van der Waals surface area contributed by atoms with Crippen LogP contribution in [0.4, 0.5) is 25.3 Å². The molecular formula is C30H42F2N8O3Si. The van der Waals surface area contributed by atoms with Crippen molar-refractivity contribution in [2.24, 2.45) is 0 Å². The number of hydrogen-bond acceptors (Lipinski definition) is 8. The van der Waals surface area contributed by atoms with Crippen LogP contribution in [0.3, 0.4) is 0 Å². The number of alkyl halides is 2. The van der Waals surface area contributed by atoms with Gasteiger partial charge in [0.25, 0.3) is 5.92 Å². The van der Waals surface area contributed by atoms with Gasteiger partial charge in [-0.15, -0.1) is 0 Å². The number of allylic oxidation sites excluding steroid dienone is 2. The lowest BCUT2D eigenvalue weighted by Crippen LogP contribution is -2.58. The van der Waals surface area contributed by atoms with E-state index >= 15 is 0 Å². The van der Waals surface area contributed by atoms with E-state index in [9.17, 15) is 18.7 Å². The molecule has 5 rings (SSSR count). The maximum atomic E-state index is 14.0. The standard InChI is InChI=1S/C30H42F2N8O3Si/c1-20-15-38(16-21(2)40(20)29(41)42)28-33-11-8-23(37-28)14-34-26-25-24(22-6-9-30(31,32)10-7-22)17-39(27(25)36-18-35-26)19-43-12-13-44(3,4)5/h6,8,11,17-18,20-21H,7,9-10,12-16,19H2,1-5H3,(H,41,42)(H,34,35,36)/t20-,21+. The van der Waals surface area contributed by atoms with E-state index in [4.69, 9.17) is 9.72 Å². The lowest BCUT2D eigenvalue weighted by molar-refractivity contribution is -0.00603. The fourth-order valence-corrected chi connectivity index (χ4v) is 6.61. The van der Waals surface area contributed by atoms with Gasteiger partial charge in [-0.25, -0.2) is 33.5 Å². The number of nitrogens with zero attached hydrogens (tertiary/aromatic N) is 7. The van der Waals surface area contributed by atoms with E-state index in [0.29, 0.717) is 50.4 Å². The van der Waals surface area contributed by atoms with Gasteiger partial charge in [0.2, 0.25) is 5.95 Å². The lowest BCUT2D eigenvalue weighted by Gasteiger charge is -2.42. The number of hydrogen-bond donors (Lipinski definition) is 2. The number of anilines is 2. The molecule has 1 aliphatic carbocycles. The topological polar surface area (TPSA) is 122 Å². The van der Waals surface area contributed by atoms with Crippen LogP contribution in [0.25, 0.3) is 16.6 Å². The number of rotatable bonds is 10. The van der Waals surface area contributed by atoms with Crippen LogP contribution < -0.4 is 10.2 Å². The highest BCUT2D eigenvalue weighted by Crippen LogP contribution is 2.40. The fourth-order valence-electron chi connectivity index (χ4n) is 5.85. The number of aromatic nitrogens is 5. The largest absolute Gasteiger partial charge is 0.465 e. The summed E-state index contributed by atoms with van der Waals surface area (Å²) in [6.45, 7) is 13.0. The zero-order valence-corrected chi connectivity index (χ0v) is 27.1. The molecule has 11 nitrogen and oxygen atoms in total. The lowest BCUT2D eigenvalue weighted by atomic mass is 9.91. The molecule has 1 aliphatic heterocycles. The van der Waals surface area contributed by atoms with Crippen molar-refractivity contribution in [3.8, 4) is 0 Å². The summed E-state index contributed by atoms with van der Waals surface area (Å²) < 4.78 is 36.0. The number of nitrogens with one attached hydrogen (secondary N) is 1. The van der Waals surface area contributed by atoms with Crippen LogP contribution in [-0.2, 0) is 18.0 Å². The summed E-state index contributed by atoms with van der Waals surface area (Å²) in [5.74, 6) is -1.57. The van der Waals surface area contributed by atoms with Gasteiger partial charge in [0.1, 0.15) is 24.5 Å². The van der Waals surface area contributed by atoms with Crippen molar-refractivity contribution in [1.82, 2.24) is 29.4 Å². The molecule has 1 fully saturated rings. The van der Waals surface area contributed by atoms with Gasteiger partial charge in [-0.3, -0.25) is 4.90 Å². The van der Waals surface area contributed by atoms with Crippen molar-refractivity contribution in [2.75, 3.05) is 29.9 Å². The Labute approximate surface area is 257 Å². The van der Waals surface area contributed by atoms with E-state index in [1.807, 2.05) is 35.6 Å². The van der Waals surface area contributed by atoms with Gasteiger partial charge < -0.3 is 24.6 Å². The summed E-state index contributed by atoms with van der Waals surface area (Å²) in [6, 6.07) is 2.45. The Kier molecular flexibility index (Phi) is 9.21. The van der Waals surface area contributed by atoms with Gasteiger partial charge >= 0.3 is 6.09 Å². The van der Waals surface area contributed by atoms with Gasteiger partial charge in [0, 0.05) is 58.6 Å². The first-order valence-corrected chi connectivity index (χ1v) is 18.8. The third-order valence-electron chi connectivity index (χ3n) is 8.19. The number of halogens is 2. The molecule has 0 bridgehead atoms. The molecule has 2 aliphatic rings. The summed E-state index contributed by atoms with van der Waals surface area (Å²) in [7, 11) is -1.26. The van der Waals surface area contributed by atoms with Crippen molar-refractivity contribution in [3.05, 3.63) is 42.1 Å². The van der Waals surface area contributed by atoms with Gasteiger partial charge in [0.15, 0.2) is 0 Å². The summed E-state index contributed by atoms with van der Waals surface area (Å²) in [5, 5.41) is 13.7. The Balaban J connectivity index is 1.38. The third kappa shape index (κ3) is 7.34. The maximum Gasteiger partial charge on any atom is 0.407 e. The fraction of sp³-hybridized carbons (Fsp3) is 0.567. The summed E-state index contributed by atoms with van der Waals surface area (Å²) in [5.41, 5.74) is 3.09. The Morgan fingerprint density at radius 3 is 2.59 bits per heavy atom. The molecule has 3 aromatic rings. The van der Waals surface area contributed by atoms with Crippen LogP contribution in [0, 0.1) is 0 Å². The molecule has 0 spiro atoms. The molecule has 0 radical (unpaired) electrons. The number of amides is 1. The number of piperazine rings is 1. The van der Waals surface area contributed by atoms with E-state index in [1.54, 1.807) is 12.3 Å². The molecular weight excluding hydrogens is 586 g/mol. The zero-order chi connectivity index (χ0) is 31.6. The van der Waals surface area contributed by atoms with Crippen molar-refractivity contribution in [3.63, 3.8) is 0 Å². The predicted molar refractivity (Wildman–Crippen MR) is 169 cm³/mol. The van der Waals surface area contributed by atoms with Crippen LogP contribution >= 0.6 is 0 Å². The van der Waals surface area contributed by atoms with Gasteiger partial charge in [0.05, 0.1) is 29.7 Å². The molecule has 14 heteroatoms. The van der Waals surface area contributed by atoms with Crippen LogP contribution in [0.15, 0.2) is 30.9 Å². The molecule has 2 atom stereocenters. The van der Waals surface area contributed by atoms with Crippen LogP contribution in [-0.4, -0.2) is 86.4 Å². The molecule has 0 unspecified atom stereocenters. The number of carbonyl (C=O) groups is 1. The Hall–Kier alpha value is -3.65. The first-order valence-electron chi connectivity index (χ1n) is 15.1. The Morgan fingerprint density at radius 2 is 1.93 bits per heavy atom. The number of carboxylic acid groups (broad SMARTS) is 1. The highest BCUT2D eigenvalue weighted by atomic mass is 28.3. The van der Waals surface area contributed by atoms with E-state index in [0.717, 1.165) is 28.3 Å². The smallest absolute Gasteiger partial charge is 0.407 e. The molecule has 4 heterocycles. The molecule has 44 heavy (non-hydrogen) atoms. The SMILES string of the molecule is C[C@@H]1CN(c2nccc(CNc3ncnc4c3c(C3=CCC(F)(F)CC3)cn4COCC[Si](C)(C)C)n2)C[C@H](C)N1C(=O)O. The van der Waals surface area contributed by atoms with E-state index in [1.165, 1.54) is 11.2 Å². The second-order valence-corrected chi connectivity index (χ2v) is 18.7. The molecule has 0 saturated carbocycles. The molecule has 238 valence electrons. The second kappa shape index (κ2) is 12.8. The molecule has 1 saturated heterocycles. The number of ether oxygens (including phenoxy) is 1. The van der Waals surface area contributed by atoms with Gasteiger partial charge in [-0.2, -0.15) is 0 Å². The second-order valence-electron chi connectivity index (χ2n) is 13.1. The summed E-state index contributed by atoms with van der Waals surface area (Å²) in [6.07, 6.45) is 5.61. The summed E-state index contributed by atoms with van der Waals surface area (Å²) in [4.78, 5) is 33.5. The monoisotopic (exact) mass is 628 g/mol. The quantitative estimate of drug-likeness (QED) is 0.208. The molecule has 1 amide bonds. The van der Waals surface area contributed by atoms with Crippen molar-refractivity contribution < 1.29 is 23.4 Å². The highest BCUT2D eigenvalue weighted by molar-refractivity contribution is 6.76. The van der Waals surface area contributed by atoms with E-state index in [-0.39, 0.29) is 31.3 Å². The first-order chi connectivity index (χ1) is 20.8. The maximum absolute atomic E-state index is 14.0. The van der Waals surface area contributed by atoms with E-state index in [2.05, 4.69) is 39.9 Å². The van der Waals surface area contributed by atoms with Crippen LogP contribution in [0.5, 0.6) is 0 Å². The zero-order valence-electron chi connectivity index (χ0n) is 26.1. The Morgan fingerprint density at radius 1 is 1.18 bits per heavy atom. The normalized spacial score (nSPS) is 20.6. The van der Waals surface area contributed by atoms with E-state index < -0.39 is 20.1 Å². The average molecular weight is 629 g/mol. The molecule has 3 aromatic heterocycles. The minimum absolute atomic E-state index is 0.198. The molecule has 2 N–H and O–H groups in total. The van der Waals surface area contributed by atoms with Gasteiger partial charge in [-0.1, -0.05) is 25.7 Å². The number of fused-ring (bicyclic) bond motifs is 1. The van der Waals surface area contributed by atoms with Gasteiger partial charge in [-0.05, 0) is 38.0 Å². The van der Waals surface area contributed by atoms with Crippen molar-refractivity contribution in [2.45, 2.75) is 90.1 Å². The minimum atomic E-state index is -2.69. The third-order valence-corrected chi connectivity index (χ3v) is 9.90. The Bertz CT molecular complexity index is 1510. The average Bonchev–Trinajstić information content (AvgIpc) is 3.32. The van der Waals surface area contributed by atoms with Crippen molar-refractivity contribution in [1.29, 1.82) is 0 Å². The minimum Gasteiger partial charge on any atom is -0.465 e.